The number of fused-ring (bicyclic) bond motifs is 1. The number of alkyl halides is 3. The molecule has 0 fully saturated rings. The molecule has 0 spiro atoms. The topological polar surface area (TPSA) is 231 Å². The summed E-state index contributed by atoms with van der Waals surface area (Å²) >= 11 is 5.80. The number of aliphatic carboxylic acids is 1. The van der Waals surface area contributed by atoms with Crippen molar-refractivity contribution in [2.45, 2.75) is 64.0 Å². The molecule has 0 bridgehead atoms. The summed E-state index contributed by atoms with van der Waals surface area (Å²) in [7, 11) is 1.51. The number of halogens is 4. The summed E-state index contributed by atoms with van der Waals surface area (Å²) < 4.78 is 76.7. The van der Waals surface area contributed by atoms with E-state index in [1.807, 2.05) is 25.1 Å². The molecule has 5 rings (SSSR count). The lowest BCUT2D eigenvalue weighted by atomic mass is 9.76. The van der Waals surface area contributed by atoms with Crippen molar-refractivity contribution >= 4 is 42.3 Å². The fourth-order valence-electron chi connectivity index (χ4n) is 5.89. The monoisotopic (exact) mass is 942 g/mol. The highest BCUT2D eigenvalue weighted by atomic mass is 35.5. The number of hydrogen-bond donors (Lipinski definition) is 4. The van der Waals surface area contributed by atoms with Crippen LogP contribution in [0.3, 0.4) is 0 Å². The summed E-state index contributed by atoms with van der Waals surface area (Å²) in [6, 6.07) is 17.9. The van der Waals surface area contributed by atoms with Gasteiger partial charge < -0.3 is 44.7 Å². The minimum Gasteiger partial charge on any atom is -0.487 e. The molecule has 3 unspecified atom stereocenters. The van der Waals surface area contributed by atoms with E-state index in [9.17, 15) is 37.4 Å². The van der Waals surface area contributed by atoms with Gasteiger partial charge in [0, 0.05) is 69.8 Å². The Kier molecular flexibility index (Phi) is 18.4. The quantitative estimate of drug-likeness (QED) is 0.0524. The Morgan fingerprint density at radius 1 is 1.00 bits per heavy atom. The molecule has 0 aliphatic carbocycles. The van der Waals surface area contributed by atoms with Crippen LogP contribution in [-0.4, -0.2) is 84.5 Å². The maximum Gasteiger partial charge on any atom is 0.416 e. The molecule has 64 heavy (non-hydrogen) atoms. The van der Waals surface area contributed by atoms with Crippen molar-refractivity contribution in [2.24, 2.45) is 5.73 Å². The fraction of sp³-hybridized carbons (Fsp3) is 0.381. The third-order valence-electron chi connectivity index (χ3n) is 9.19. The Morgan fingerprint density at radius 2 is 1.61 bits per heavy atom. The molecular formula is C42H51ClF3N4O13P. The first-order valence-electron chi connectivity index (χ1n) is 19.2. The number of benzene rings is 4. The van der Waals surface area contributed by atoms with Gasteiger partial charge in [0.05, 0.1) is 29.2 Å². The Labute approximate surface area is 372 Å². The largest absolute Gasteiger partial charge is 0.487 e. The lowest BCUT2D eigenvalue weighted by Crippen LogP contribution is -2.45. The van der Waals surface area contributed by atoms with Crippen LogP contribution in [0.15, 0.2) is 78.9 Å². The number of hydrogen-bond acceptors (Lipinski definition) is 12. The number of carbonyl (C=O) groups is 2. The maximum atomic E-state index is 12.6. The minimum absolute atomic E-state index is 0.0111. The minimum atomic E-state index is -4.52. The second-order valence-corrected chi connectivity index (χ2v) is 17.9. The highest BCUT2D eigenvalue weighted by Crippen LogP contribution is 2.47. The van der Waals surface area contributed by atoms with Crippen molar-refractivity contribution in [2.75, 3.05) is 46.0 Å². The first-order valence-corrected chi connectivity index (χ1v) is 21.9. The smallest absolute Gasteiger partial charge is 0.416 e. The summed E-state index contributed by atoms with van der Waals surface area (Å²) in [6.45, 7) is 9.34. The number of carboxylic acid groups (broad SMARTS) is 1. The van der Waals surface area contributed by atoms with Gasteiger partial charge in [-0.2, -0.15) is 13.2 Å². The number of nitro benzene ring substituents is 1. The van der Waals surface area contributed by atoms with Crippen LogP contribution < -0.4 is 30.0 Å². The number of carbonyl (C=O) groups excluding carboxylic acids is 1. The van der Waals surface area contributed by atoms with Gasteiger partial charge in [0.1, 0.15) is 34.8 Å². The zero-order valence-electron chi connectivity index (χ0n) is 36.2. The van der Waals surface area contributed by atoms with Crippen LogP contribution in [0.4, 0.5) is 29.3 Å². The maximum absolute atomic E-state index is 12.6. The van der Waals surface area contributed by atoms with Crippen molar-refractivity contribution in [1.82, 2.24) is 5.06 Å². The van der Waals surface area contributed by atoms with Gasteiger partial charge in [-0.25, -0.2) is 9.86 Å². The van der Waals surface area contributed by atoms with Crippen LogP contribution in [-0.2, 0) is 30.5 Å². The molecule has 0 saturated carbocycles. The van der Waals surface area contributed by atoms with Crippen LogP contribution in [0.2, 0.25) is 5.02 Å². The number of nitrogens with one attached hydrogen (secondary N) is 1. The molecule has 0 saturated heterocycles. The molecule has 5 N–H and O–H groups in total. The van der Waals surface area contributed by atoms with E-state index in [2.05, 4.69) is 19.2 Å². The number of nitrogens with two attached hydrogens (primary N) is 1. The van der Waals surface area contributed by atoms with E-state index >= 15 is 0 Å². The van der Waals surface area contributed by atoms with Crippen molar-refractivity contribution in [3.05, 3.63) is 105 Å². The molecule has 1 heterocycles. The number of methoxy groups -OCH3 is 1. The van der Waals surface area contributed by atoms with E-state index in [0.717, 1.165) is 41.0 Å². The summed E-state index contributed by atoms with van der Waals surface area (Å²) in [5.41, 5.74) is 5.62. The highest BCUT2D eigenvalue weighted by Gasteiger charge is 2.42. The first-order chi connectivity index (χ1) is 29.7. The van der Waals surface area contributed by atoms with Gasteiger partial charge in [-0.3, -0.25) is 24.3 Å². The predicted molar refractivity (Wildman–Crippen MR) is 232 cm³/mol. The molecule has 0 radical (unpaired) electrons. The van der Waals surface area contributed by atoms with Crippen LogP contribution in [0, 0.1) is 10.1 Å². The van der Waals surface area contributed by atoms with E-state index in [-0.39, 0.29) is 58.6 Å². The number of nitro groups is 1. The molecule has 22 heteroatoms. The van der Waals surface area contributed by atoms with E-state index < -0.39 is 41.8 Å². The van der Waals surface area contributed by atoms with E-state index in [0.29, 0.717) is 17.2 Å². The standard InChI is InChI=1S/C22H28N2O5.C15H11ClF3NO4.C5H12NO4P/c1-21(2)14-22(3,26-5)29-19-13-17(11-12-18(19)21)28-16-9-7-15(8-10-16)23-20(25)24(4)27-6;1-2-23-14-8-10(4-5-12(14)20(21)22)24-13-6-3-9(7-11(13)16)15(17,18)19;1-11(9,10)3-2-4(6)5(7)8/h7-13H,14H2,1-6H3,(H,23,25);3-8H,2H2,1H3;4H,2-3,6H2,1H3,(H,7,8)(H,9,10). The van der Waals surface area contributed by atoms with Gasteiger partial charge in [-0.15, -0.1) is 0 Å². The third kappa shape index (κ3) is 15.9. The summed E-state index contributed by atoms with van der Waals surface area (Å²) in [5, 5.41) is 22.8. The Morgan fingerprint density at radius 3 is 2.14 bits per heavy atom. The van der Waals surface area contributed by atoms with Gasteiger partial charge in [0.15, 0.2) is 7.37 Å². The van der Waals surface area contributed by atoms with Crippen LogP contribution in [0.5, 0.6) is 34.5 Å². The van der Waals surface area contributed by atoms with Gasteiger partial charge >= 0.3 is 23.9 Å². The van der Waals surface area contributed by atoms with Crippen LogP contribution >= 0.6 is 19.0 Å². The first kappa shape index (κ1) is 52.7. The number of ether oxygens (including phenoxy) is 5. The highest BCUT2D eigenvalue weighted by molar-refractivity contribution is 7.57. The third-order valence-corrected chi connectivity index (χ3v) is 10.6. The predicted octanol–water partition coefficient (Wildman–Crippen LogP) is 10.1. The number of hydroxylamine groups is 2. The Balaban J connectivity index is 0.000000280. The molecule has 0 aromatic heterocycles. The molecule has 350 valence electrons. The summed E-state index contributed by atoms with van der Waals surface area (Å²) in [5.74, 6) is 0.371. The fourth-order valence-corrected chi connectivity index (χ4v) is 6.86. The van der Waals surface area contributed by atoms with E-state index in [1.54, 1.807) is 38.3 Å². The second kappa shape index (κ2) is 22.3. The lowest BCUT2D eigenvalue weighted by Gasteiger charge is -2.43. The Bertz CT molecular complexity index is 2300. The average Bonchev–Trinajstić information content (AvgIpc) is 3.20. The molecule has 17 nitrogen and oxygen atoms in total. The number of rotatable bonds is 14. The van der Waals surface area contributed by atoms with Gasteiger partial charge in [-0.1, -0.05) is 31.5 Å². The molecule has 2 amide bonds. The lowest BCUT2D eigenvalue weighted by molar-refractivity contribution is -0.385. The second-order valence-electron chi connectivity index (χ2n) is 15.0. The number of amides is 2. The van der Waals surface area contributed by atoms with E-state index in [4.69, 9.17) is 55.9 Å². The number of urea groups is 1. The average molecular weight is 943 g/mol. The SMILES string of the molecule is CCOc1cc(Oc2ccc(C(F)(F)F)cc2Cl)ccc1[N+](=O)[O-].CON(C)C(=O)Nc1ccc(Oc2ccc3c(c2)OC(C)(OC)CC3(C)C)cc1.CP(=O)(O)CCC(N)C(=O)O. The Hall–Kier alpha value is -5.63. The number of nitrogens with zero attached hydrogens (tertiary/aromatic N) is 2. The summed E-state index contributed by atoms with van der Waals surface area (Å²) in [4.78, 5) is 45.8. The molecule has 4 aromatic carbocycles. The van der Waals surface area contributed by atoms with Crippen molar-refractivity contribution in [3.63, 3.8) is 0 Å². The van der Waals surface area contributed by atoms with E-state index in [1.165, 1.54) is 39.0 Å². The van der Waals surface area contributed by atoms with Crippen molar-refractivity contribution in [3.8, 4) is 34.5 Å². The number of carboxylic acids is 1. The van der Waals surface area contributed by atoms with Crippen LogP contribution in [0.25, 0.3) is 0 Å². The molecular weight excluding hydrogens is 892 g/mol. The zero-order valence-corrected chi connectivity index (χ0v) is 37.9. The molecule has 1 aliphatic rings. The van der Waals surface area contributed by atoms with Gasteiger partial charge in [0.25, 0.3) is 0 Å². The van der Waals surface area contributed by atoms with Crippen molar-refractivity contribution < 1.29 is 70.8 Å². The molecule has 4 aromatic rings. The molecule has 3 atom stereocenters. The van der Waals surface area contributed by atoms with Gasteiger partial charge in [-0.05, 0) is 73.4 Å². The summed E-state index contributed by atoms with van der Waals surface area (Å²) in [6.07, 6.45) is -3.76. The van der Waals surface area contributed by atoms with Crippen LogP contribution in [0.1, 0.15) is 51.7 Å². The number of anilines is 1. The normalized spacial score (nSPS) is 16.3. The van der Waals surface area contributed by atoms with Crippen molar-refractivity contribution in [1.29, 1.82) is 0 Å². The van der Waals surface area contributed by atoms with Gasteiger partial charge in [0.2, 0.25) is 11.5 Å². The zero-order chi connectivity index (χ0) is 48.2. The molecule has 1 aliphatic heterocycles.